The van der Waals surface area contributed by atoms with Gasteiger partial charge < -0.3 is 18.9 Å². The maximum Gasteiger partial charge on any atom is 0.311 e. The van der Waals surface area contributed by atoms with E-state index in [0.29, 0.717) is 18.3 Å². The van der Waals surface area contributed by atoms with E-state index < -0.39 is 34.2 Å². The number of aryl methyl sites for hydroxylation is 1. The van der Waals surface area contributed by atoms with E-state index in [9.17, 15) is 14.4 Å². The van der Waals surface area contributed by atoms with Gasteiger partial charge in [-0.2, -0.15) is 0 Å². The fourth-order valence-corrected chi connectivity index (χ4v) is 10.2. The number of carbonyl (C=O) groups excluding carboxylic acids is 3. The Kier molecular flexibility index (Phi) is 14.4. The van der Waals surface area contributed by atoms with E-state index in [1.165, 1.54) is 12.7 Å². The first-order chi connectivity index (χ1) is 27.8. The summed E-state index contributed by atoms with van der Waals surface area (Å²) in [4.78, 5) is 41.7. The molecule has 1 aliphatic carbocycles. The molecule has 1 saturated carbocycles. The third-order valence-corrected chi connectivity index (χ3v) is 14.1. The second kappa shape index (κ2) is 19.3. The smallest absolute Gasteiger partial charge is 0.311 e. The molecule has 58 heavy (non-hydrogen) atoms. The van der Waals surface area contributed by atoms with E-state index in [0.717, 1.165) is 35.8 Å². The van der Waals surface area contributed by atoms with Gasteiger partial charge >= 0.3 is 172 Å². The normalized spacial score (nSPS) is 19.6. The minimum Gasteiger partial charge on any atom is -0.489 e. The molecule has 1 aliphatic heterocycles. The van der Waals surface area contributed by atoms with Crippen molar-refractivity contribution in [2.45, 2.75) is 92.3 Å². The van der Waals surface area contributed by atoms with Gasteiger partial charge in [-0.25, -0.2) is 0 Å². The Morgan fingerprint density at radius 3 is 2.02 bits per heavy atom. The molecule has 6 rings (SSSR count). The van der Waals surface area contributed by atoms with Gasteiger partial charge in [-0.1, -0.05) is 43.3 Å². The summed E-state index contributed by atoms with van der Waals surface area (Å²) < 4.78 is 37.9. The van der Waals surface area contributed by atoms with Crippen LogP contribution in [0.25, 0.3) is 10.8 Å². The van der Waals surface area contributed by atoms with E-state index in [2.05, 4.69) is 43.3 Å². The van der Waals surface area contributed by atoms with Crippen LogP contribution < -0.4 is 30.7 Å². The van der Waals surface area contributed by atoms with Crippen molar-refractivity contribution in [3.8, 4) is 11.5 Å². The summed E-state index contributed by atoms with van der Waals surface area (Å²) in [5, 5.41) is 2.04. The first-order valence-electron chi connectivity index (χ1n) is 20.5. The van der Waals surface area contributed by atoms with E-state index >= 15 is 0 Å². The molecule has 0 bridgehead atoms. The van der Waals surface area contributed by atoms with E-state index in [4.69, 9.17) is 28.4 Å². The van der Waals surface area contributed by atoms with Crippen LogP contribution in [0, 0.1) is 36.2 Å². The molecule has 1 saturated heterocycles. The Labute approximate surface area is 353 Å². The van der Waals surface area contributed by atoms with Gasteiger partial charge in [-0.3, -0.25) is 9.59 Å². The second-order valence-corrected chi connectivity index (χ2v) is 20.0. The summed E-state index contributed by atoms with van der Waals surface area (Å²) in [6.07, 6.45) is 4.02. The van der Waals surface area contributed by atoms with Crippen molar-refractivity contribution in [2.75, 3.05) is 33.0 Å². The third kappa shape index (κ3) is 11.5. The van der Waals surface area contributed by atoms with Crippen molar-refractivity contribution in [1.29, 1.82) is 0 Å². The van der Waals surface area contributed by atoms with Crippen LogP contribution in [0.3, 0.4) is 0 Å². The van der Waals surface area contributed by atoms with Crippen molar-refractivity contribution in [2.24, 2.45) is 22.2 Å². The Morgan fingerprint density at radius 2 is 1.31 bits per heavy atom. The number of halogens is 1. The topological polar surface area (TPSA) is 110 Å². The molecule has 9 nitrogen and oxygen atoms in total. The molecule has 2 aliphatic rings. The number of esters is 3. The number of epoxide rings is 1. The Morgan fingerprint density at radius 1 is 0.672 bits per heavy atom. The van der Waals surface area contributed by atoms with E-state index in [1.54, 1.807) is 20.8 Å². The Bertz CT molecular complexity index is 2010. The van der Waals surface area contributed by atoms with Gasteiger partial charge in [0, 0.05) is 5.39 Å². The van der Waals surface area contributed by atoms with Crippen molar-refractivity contribution in [3.63, 3.8) is 0 Å². The molecule has 312 valence electrons. The summed E-state index contributed by atoms with van der Waals surface area (Å²) in [5.41, 5.74) is -2.08. The molecule has 10 heteroatoms. The van der Waals surface area contributed by atoms with Crippen LogP contribution in [-0.2, 0) is 33.3 Å². The zero-order chi connectivity index (χ0) is 41.3. The average molecular weight is 906 g/mol. The first kappa shape index (κ1) is 43.4. The summed E-state index contributed by atoms with van der Waals surface area (Å²) in [7, 11) is 0. The molecule has 4 aromatic carbocycles. The molecule has 0 N–H and O–H groups in total. The van der Waals surface area contributed by atoms with Gasteiger partial charge in [0.1, 0.15) is 19.0 Å². The molecular weight excluding hydrogens is 847 g/mol. The molecule has 5 unspecified atom stereocenters. The average Bonchev–Trinajstić information content (AvgIpc) is 4.00. The predicted octanol–water partition coefficient (Wildman–Crippen LogP) is 6.16. The zero-order valence-electron chi connectivity index (χ0n) is 34.7. The number of fused-ring (bicyclic) bond motifs is 2. The van der Waals surface area contributed by atoms with Crippen molar-refractivity contribution >= 4 is 28.7 Å². The minimum atomic E-state index is -1.21. The van der Waals surface area contributed by atoms with Gasteiger partial charge in [-0.05, 0) is 63.3 Å². The third-order valence-electron chi connectivity index (χ3n) is 11.4. The predicted molar refractivity (Wildman–Crippen MR) is 218 cm³/mol. The van der Waals surface area contributed by atoms with Crippen LogP contribution >= 0.6 is 0 Å². The molecule has 0 radical (unpaired) electrons. The quantitative estimate of drug-likeness (QED) is 0.0339. The van der Waals surface area contributed by atoms with Crippen molar-refractivity contribution in [3.05, 3.63) is 104 Å². The molecule has 4 aromatic rings. The van der Waals surface area contributed by atoms with Crippen LogP contribution in [0.15, 0.2) is 91.0 Å². The summed E-state index contributed by atoms with van der Waals surface area (Å²) in [6.45, 7) is 11.9. The maximum absolute atomic E-state index is 14.2. The fourth-order valence-electron chi connectivity index (χ4n) is 8.05. The summed E-state index contributed by atoms with van der Waals surface area (Å²) >= 11 is -0.285. The van der Waals surface area contributed by atoms with Gasteiger partial charge in [0.15, 0.2) is 0 Å². The number of ether oxygens (including phenoxy) is 6. The fraction of sp³-hybridized carbons (Fsp3) is 0.479. The van der Waals surface area contributed by atoms with Crippen LogP contribution in [0.2, 0.25) is 0 Å². The zero-order valence-corrected chi connectivity index (χ0v) is 36.9. The number of carbonyl (C=O) groups is 3. The number of rotatable bonds is 20. The van der Waals surface area contributed by atoms with E-state index in [1.807, 2.05) is 68.4 Å². The SMILES string of the molecule is CCC(C)(CC(C)(CC(C)(C)C(=O)OCCOc1ccc([I-]c2ccc(C)cc2)cc1)C(=O)OCC1CCC2OC2C1)C(=O)OCCOc1cccc2ccccc12. The number of hydrogen-bond acceptors (Lipinski definition) is 9. The van der Waals surface area contributed by atoms with Gasteiger partial charge in [0.05, 0.1) is 24.2 Å². The van der Waals surface area contributed by atoms with Crippen LogP contribution in [-0.4, -0.2) is 63.2 Å². The Hall–Kier alpha value is -4.16. The largest absolute Gasteiger partial charge is 0.489 e. The molecule has 1 heterocycles. The van der Waals surface area contributed by atoms with Crippen molar-refractivity contribution < 1.29 is 64.0 Å². The van der Waals surface area contributed by atoms with Gasteiger partial charge in [0.2, 0.25) is 0 Å². The summed E-state index contributed by atoms with van der Waals surface area (Å²) in [5.74, 6) is 0.316. The molecular formula is C48H58IO9-. The first-order valence-corrected chi connectivity index (χ1v) is 22.6. The second-order valence-electron chi connectivity index (χ2n) is 17.0. The molecule has 5 atom stereocenters. The molecule has 0 spiro atoms. The maximum atomic E-state index is 14.2. The van der Waals surface area contributed by atoms with Crippen molar-refractivity contribution in [1.82, 2.24) is 0 Å². The Balaban J connectivity index is 1.04. The molecule has 0 amide bonds. The number of benzene rings is 4. The van der Waals surface area contributed by atoms with E-state index in [-0.39, 0.29) is 79.1 Å². The number of hydrogen-bond donors (Lipinski definition) is 0. The standard InChI is InChI=1S/C48H58IO9/c1-7-47(5,44(51)56-28-26-54-40-14-10-12-35-11-8-9-13-39(35)40)32-48(6,45(52)57-30-34-17-24-41-42(29-34)58-41)31-46(3,4)43(50)55-27-25-53-38-22-20-37(21-23-38)49-36-18-15-33(2)16-19-36/h8-16,18-23,34,41-42H,7,17,24-32H2,1-6H3/q-1. The van der Waals surface area contributed by atoms with Crippen LogP contribution in [0.1, 0.15) is 78.7 Å². The summed E-state index contributed by atoms with van der Waals surface area (Å²) in [6, 6.07) is 30.5. The van der Waals surface area contributed by atoms with Gasteiger partial charge in [0.25, 0.3) is 0 Å². The molecule has 2 fully saturated rings. The minimum absolute atomic E-state index is 0.0452. The van der Waals surface area contributed by atoms with Gasteiger partial charge in [-0.15, -0.1) is 0 Å². The van der Waals surface area contributed by atoms with Crippen LogP contribution in [0.4, 0.5) is 0 Å². The monoisotopic (exact) mass is 905 g/mol. The molecule has 0 aromatic heterocycles. The van der Waals surface area contributed by atoms with Crippen LogP contribution in [0.5, 0.6) is 11.5 Å².